The molecular weight excluding hydrogens is 250 g/mol. The van der Waals surface area contributed by atoms with Gasteiger partial charge in [0.05, 0.1) is 0 Å². The van der Waals surface area contributed by atoms with E-state index < -0.39 is 10.1 Å². The molecule has 18 heavy (non-hydrogen) atoms. The van der Waals surface area contributed by atoms with Crippen molar-refractivity contribution in [2.45, 2.75) is 4.90 Å². The molecule has 0 bridgehead atoms. The van der Waals surface area contributed by atoms with Crippen LogP contribution < -0.4 is 5.73 Å². The number of fused-ring (bicyclic) bond motifs is 1. The topological polar surface area (TPSA) is 80.4 Å². The van der Waals surface area contributed by atoms with E-state index in [-0.39, 0.29) is 4.90 Å². The number of benzene rings is 2. The van der Waals surface area contributed by atoms with Gasteiger partial charge in [-0.15, -0.1) is 6.58 Å². The minimum Gasteiger partial charge on any atom is -0.327 e. The molecule has 0 aromatic heterocycles. The zero-order valence-corrected chi connectivity index (χ0v) is 10.6. The fourth-order valence-corrected chi connectivity index (χ4v) is 2.13. The molecule has 4 nitrogen and oxygen atoms in total. The Morgan fingerprint density at radius 2 is 1.72 bits per heavy atom. The maximum Gasteiger partial charge on any atom is 0.295 e. The molecule has 0 aliphatic carbocycles. The molecule has 0 aliphatic rings. The van der Waals surface area contributed by atoms with E-state index in [1.807, 2.05) is 6.07 Å². The Bertz CT molecular complexity index is 630. The van der Waals surface area contributed by atoms with E-state index in [0.29, 0.717) is 11.9 Å². The molecule has 3 N–H and O–H groups in total. The third-order valence-corrected chi connectivity index (χ3v) is 3.11. The van der Waals surface area contributed by atoms with Crippen molar-refractivity contribution in [3.8, 4) is 0 Å². The van der Waals surface area contributed by atoms with Crippen LogP contribution in [0.2, 0.25) is 0 Å². The highest BCUT2D eigenvalue weighted by atomic mass is 32.2. The van der Waals surface area contributed by atoms with E-state index in [1.165, 1.54) is 6.07 Å². The summed E-state index contributed by atoms with van der Waals surface area (Å²) in [5.41, 5.74) is 4.91. The van der Waals surface area contributed by atoms with E-state index in [1.54, 1.807) is 36.4 Å². The number of hydrogen-bond acceptors (Lipinski definition) is 3. The van der Waals surface area contributed by atoms with Gasteiger partial charge in [-0.25, -0.2) is 0 Å². The summed E-state index contributed by atoms with van der Waals surface area (Å²) in [5, 5.41) is 1.33. The van der Waals surface area contributed by atoms with Crippen LogP contribution in [0.15, 0.2) is 60.0 Å². The minimum absolute atomic E-state index is 0.0457. The summed E-state index contributed by atoms with van der Waals surface area (Å²) < 4.78 is 31.0. The maximum absolute atomic E-state index is 11.0. The molecular formula is C13H15NO3S. The minimum atomic E-state index is -4.13. The van der Waals surface area contributed by atoms with Crippen LogP contribution in [0, 0.1) is 0 Å². The van der Waals surface area contributed by atoms with Gasteiger partial charge in [-0.1, -0.05) is 42.5 Å². The highest BCUT2D eigenvalue weighted by Crippen LogP contribution is 2.21. The Hall–Kier alpha value is -1.69. The molecule has 0 atom stereocenters. The maximum atomic E-state index is 11.0. The van der Waals surface area contributed by atoms with E-state index >= 15 is 0 Å². The third-order valence-electron chi connectivity index (χ3n) is 2.19. The van der Waals surface area contributed by atoms with Gasteiger partial charge in [0, 0.05) is 11.9 Å². The fraction of sp³-hybridized carbons (Fsp3) is 0.0769. The number of rotatable bonds is 2. The Morgan fingerprint density at radius 1 is 1.17 bits per heavy atom. The largest absolute Gasteiger partial charge is 0.327 e. The fourth-order valence-electron chi connectivity index (χ4n) is 1.42. The van der Waals surface area contributed by atoms with Crippen molar-refractivity contribution < 1.29 is 13.0 Å². The lowest BCUT2D eigenvalue weighted by atomic mass is 10.1. The zero-order chi connectivity index (χ0) is 13.6. The summed E-state index contributed by atoms with van der Waals surface area (Å²) in [7, 11) is -4.13. The van der Waals surface area contributed by atoms with Crippen molar-refractivity contribution in [1.29, 1.82) is 0 Å². The quantitative estimate of drug-likeness (QED) is 0.644. The molecule has 0 saturated heterocycles. The number of nitrogens with two attached hydrogens (primary N) is 1. The van der Waals surface area contributed by atoms with Gasteiger partial charge in [-0.2, -0.15) is 8.42 Å². The highest BCUT2D eigenvalue weighted by molar-refractivity contribution is 7.86. The highest BCUT2D eigenvalue weighted by Gasteiger charge is 2.12. The van der Waals surface area contributed by atoms with Crippen molar-refractivity contribution in [1.82, 2.24) is 0 Å². The zero-order valence-electron chi connectivity index (χ0n) is 9.78. The van der Waals surface area contributed by atoms with Crippen LogP contribution in [0.25, 0.3) is 10.8 Å². The smallest absolute Gasteiger partial charge is 0.295 e. The van der Waals surface area contributed by atoms with Gasteiger partial charge >= 0.3 is 0 Å². The molecule has 2 aromatic rings. The first-order valence-corrected chi connectivity index (χ1v) is 6.71. The van der Waals surface area contributed by atoms with Gasteiger partial charge in [0.2, 0.25) is 0 Å². The summed E-state index contributed by atoms with van der Waals surface area (Å²) >= 11 is 0. The van der Waals surface area contributed by atoms with Crippen molar-refractivity contribution in [3.63, 3.8) is 0 Å². The Labute approximate surface area is 106 Å². The molecule has 5 heteroatoms. The van der Waals surface area contributed by atoms with Crippen LogP contribution in [-0.2, 0) is 10.1 Å². The van der Waals surface area contributed by atoms with Crippen molar-refractivity contribution in [2.75, 3.05) is 6.54 Å². The van der Waals surface area contributed by atoms with Gasteiger partial charge in [0.15, 0.2) is 0 Å². The second kappa shape index (κ2) is 6.30. The predicted octanol–water partition coefficient (Wildman–Crippen LogP) is 2.22. The Balaban J connectivity index is 0.000000357. The SMILES string of the molecule is C=CCN.O=S(=O)(O)c1cccc2ccccc12. The summed E-state index contributed by atoms with van der Waals surface area (Å²) in [6, 6.07) is 11.8. The molecule has 0 radical (unpaired) electrons. The Kier molecular flexibility index (Phi) is 5.03. The second-order valence-electron chi connectivity index (χ2n) is 3.48. The standard InChI is InChI=1S/C10H8O3S.C3H7N/c11-14(12,13)10-7-3-5-8-4-1-2-6-9(8)10;1-2-3-4/h1-7H,(H,11,12,13);2H,1,3-4H2. The van der Waals surface area contributed by atoms with E-state index in [2.05, 4.69) is 6.58 Å². The molecule has 0 amide bonds. The second-order valence-corrected chi connectivity index (χ2v) is 4.87. The molecule has 2 aromatic carbocycles. The first kappa shape index (κ1) is 14.4. The van der Waals surface area contributed by atoms with Gasteiger partial charge in [0.1, 0.15) is 4.90 Å². The molecule has 0 spiro atoms. The first-order chi connectivity index (χ1) is 8.50. The normalized spacial score (nSPS) is 10.6. The third kappa shape index (κ3) is 3.66. The lowest BCUT2D eigenvalue weighted by Crippen LogP contribution is -1.98. The summed E-state index contributed by atoms with van der Waals surface area (Å²) in [5.74, 6) is 0. The Morgan fingerprint density at radius 3 is 2.28 bits per heavy atom. The van der Waals surface area contributed by atoms with Crippen molar-refractivity contribution in [2.24, 2.45) is 5.73 Å². The molecule has 2 rings (SSSR count). The van der Waals surface area contributed by atoms with Crippen molar-refractivity contribution in [3.05, 3.63) is 55.1 Å². The van der Waals surface area contributed by atoms with Gasteiger partial charge in [0.25, 0.3) is 10.1 Å². The summed E-state index contributed by atoms with van der Waals surface area (Å²) in [4.78, 5) is -0.0457. The molecule has 0 fully saturated rings. The number of hydrogen-bond donors (Lipinski definition) is 2. The molecule has 96 valence electrons. The summed E-state index contributed by atoms with van der Waals surface area (Å²) in [6.07, 6.45) is 1.65. The predicted molar refractivity (Wildman–Crippen MR) is 73.0 cm³/mol. The average molecular weight is 265 g/mol. The van der Waals surface area contributed by atoms with Crippen LogP contribution in [0.3, 0.4) is 0 Å². The van der Waals surface area contributed by atoms with Gasteiger partial charge in [-0.3, -0.25) is 4.55 Å². The lowest BCUT2D eigenvalue weighted by molar-refractivity contribution is 0.484. The average Bonchev–Trinajstić information content (AvgIpc) is 2.37. The molecule has 0 heterocycles. The van der Waals surface area contributed by atoms with E-state index in [0.717, 1.165) is 5.39 Å². The first-order valence-electron chi connectivity index (χ1n) is 5.27. The van der Waals surface area contributed by atoms with Crippen LogP contribution in [0.4, 0.5) is 0 Å². The van der Waals surface area contributed by atoms with Crippen molar-refractivity contribution >= 4 is 20.9 Å². The van der Waals surface area contributed by atoms with Crippen LogP contribution in [0.1, 0.15) is 0 Å². The summed E-state index contributed by atoms with van der Waals surface area (Å²) in [6.45, 7) is 3.94. The van der Waals surface area contributed by atoms with E-state index in [9.17, 15) is 8.42 Å². The van der Waals surface area contributed by atoms with Gasteiger partial charge in [-0.05, 0) is 11.5 Å². The van der Waals surface area contributed by atoms with E-state index in [4.69, 9.17) is 10.3 Å². The van der Waals surface area contributed by atoms with Crippen LogP contribution >= 0.6 is 0 Å². The lowest BCUT2D eigenvalue weighted by Gasteiger charge is -2.02. The monoisotopic (exact) mass is 265 g/mol. The van der Waals surface area contributed by atoms with Gasteiger partial charge < -0.3 is 5.73 Å². The van der Waals surface area contributed by atoms with Crippen LogP contribution in [-0.4, -0.2) is 19.5 Å². The molecule has 0 unspecified atom stereocenters. The molecule has 0 saturated carbocycles. The van der Waals surface area contributed by atoms with Crippen LogP contribution in [0.5, 0.6) is 0 Å². The molecule has 0 aliphatic heterocycles.